The number of ketones is 1. The number of amides is 1. The second-order valence-electron chi connectivity index (χ2n) is 4.76. The van der Waals surface area contributed by atoms with Crippen molar-refractivity contribution in [3.63, 3.8) is 0 Å². The van der Waals surface area contributed by atoms with E-state index in [1.807, 2.05) is 13.8 Å². The minimum atomic E-state index is -0.410. The molecule has 0 bridgehead atoms. The fraction of sp³-hybridized carbons (Fsp3) is 0.818. The second-order valence-corrected chi connectivity index (χ2v) is 5.32. The fourth-order valence-corrected chi connectivity index (χ4v) is 2.70. The third-order valence-corrected chi connectivity index (χ3v) is 3.67. The normalized spacial score (nSPS) is 24.0. The topological polar surface area (TPSA) is 46.6 Å². The highest BCUT2D eigenvalue weighted by molar-refractivity contribution is 9.09. The van der Waals surface area contributed by atoms with Gasteiger partial charge >= 0.3 is 6.09 Å². The van der Waals surface area contributed by atoms with E-state index in [2.05, 4.69) is 15.9 Å². The van der Waals surface area contributed by atoms with E-state index in [-0.39, 0.29) is 22.6 Å². The lowest BCUT2D eigenvalue weighted by atomic mass is 9.75. The molecule has 1 amide bonds. The highest BCUT2D eigenvalue weighted by atomic mass is 79.9. The van der Waals surface area contributed by atoms with Gasteiger partial charge in [0.05, 0.1) is 18.5 Å². The van der Waals surface area contributed by atoms with E-state index in [1.165, 1.54) is 7.11 Å². The fourth-order valence-electron chi connectivity index (χ4n) is 2.39. The number of Topliss-reactive ketones (excluding diaryl/α,β-unsaturated/α-hetero) is 1. The van der Waals surface area contributed by atoms with Gasteiger partial charge in [0.1, 0.15) is 0 Å². The van der Waals surface area contributed by atoms with Gasteiger partial charge in [-0.15, -0.1) is 0 Å². The van der Waals surface area contributed by atoms with Gasteiger partial charge in [-0.3, -0.25) is 9.69 Å². The Hall–Kier alpha value is -0.580. The monoisotopic (exact) mass is 291 g/mol. The number of hydrogen-bond acceptors (Lipinski definition) is 3. The van der Waals surface area contributed by atoms with Crippen LogP contribution in [-0.4, -0.2) is 41.8 Å². The number of carbonyl (C=O) groups is 2. The molecule has 0 aromatic rings. The minimum Gasteiger partial charge on any atom is -0.453 e. The lowest BCUT2D eigenvalue weighted by Gasteiger charge is -2.44. The van der Waals surface area contributed by atoms with E-state index < -0.39 is 6.09 Å². The first-order valence-corrected chi connectivity index (χ1v) is 6.49. The van der Waals surface area contributed by atoms with Crippen LogP contribution in [0.25, 0.3) is 0 Å². The van der Waals surface area contributed by atoms with Crippen LogP contribution in [0.3, 0.4) is 0 Å². The van der Waals surface area contributed by atoms with Gasteiger partial charge in [0.25, 0.3) is 0 Å². The van der Waals surface area contributed by atoms with Crippen molar-refractivity contribution in [2.45, 2.75) is 32.7 Å². The van der Waals surface area contributed by atoms with Gasteiger partial charge in [0, 0.05) is 6.54 Å². The summed E-state index contributed by atoms with van der Waals surface area (Å²) < 4.78 is 4.73. The van der Waals surface area contributed by atoms with Crippen LogP contribution in [0.4, 0.5) is 4.79 Å². The van der Waals surface area contributed by atoms with Crippen molar-refractivity contribution >= 4 is 27.8 Å². The SMILES string of the molecule is COC(=O)N1CCCC(C)(C)C1C(=O)CBr. The van der Waals surface area contributed by atoms with Gasteiger partial charge in [-0.05, 0) is 18.3 Å². The van der Waals surface area contributed by atoms with Crippen molar-refractivity contribution in [3.8, 4) is 0 Å². The van der Waals surface area contributed by atoms with Crippen molar-refractivity contribution in [2.24, 2.45) is 5.41 Å². The molecule has 1 saturated heterocycles. The molecule has 0 saturated carbocycles. The van der Waals surface area contributed by atoms with Gasteiger partial charge in [0.15, 0.2) is 5.78 Å². The third kappa shape index (κ3) is 2.56. The molecule has 0 aromatic carbocycles. The number of hydrogen-bond donors (Lipinski definition) is 0. The average molecular weight is 292 g/mol. The summed E-state index contributed by atoms with van der Waals surface area (Å²) in [6.07, 6.45) is 1.45. The van der Waals surface area contributed by atoms with Crippen molar-refractivity contribution < 1.29 is 14.3 Å². The van der Waals surface area contributed by atoms with Crippen LogP contribution >= 0.6 is 15.9 Å². The Morgan fingerprint density at radius 1 is 1.50 bits per heavy atom. The number of nitrogens with zero attached hydrogens (tertiary/aromatic N) is 1. The lowest BCUT2D eigenvalue weighted by molar-refractivity contribution is -0.127. The maximum Gasteiger partial charge on any atom is 0.410 e. The first kappa shape index (κ1) is 13.5. The summed E-state index contributed by atoms with van der Waals surface area (Å²) in [6.45, 7) is 4.64. The Morgan fingerprint density at radius 3 is 2.62 bits per heavy atom. The maximum atomic E-state index is 11.9. The molecule has 16 heavy (non-hydrogen) atoms. The zero-order valence-corrected chi connectivity index (χ0v) is 11.5. The van der Waals surface area contributed by atoms with Crippen LogP contribution in [0.1, 0.15) is 26.7 Å². The first-order chi connectivity index (χ1) is 7.44. The van der Waals surface area contributed by atoms with Crippen molar-refractivity contribution in [2.75, 3.05) is 19.0 Å². The van der Waals surface area contributed by atoms with Gasteiger partial charge < -0.3 is 4.74 Å². The van der Waals surface area contributed by atoms with E-state index in [0.717, 1.165) is 12.8 Å². The molecule has 0 N–H and O–H groups in total. The number of alkyl halides is 1. The van der Waals surface area contributed by atoms with Crippen LogP contribution in [0, 0.1) is 5.41 Å². The first-order valence-electron chi connectivity index (χ1n) is 5.37. The summed E-state index contributed by atoms with van der Waals surface area (Å²) in [4.78, 5) is 25.1. The highest BCUT2D eigenvalue weighted by Gasteiger charge is 2.43. The van der Waals surface area contributed by atoms with Crippen LogP contribution in [0.2, 0.25) is 0 Å². The van der Waals surface area contributed by atoms with Gasteiger partial charge in [-0.25, -0.2) is 4.79 Å². The van der Waals surface area contributed by atoms with E-state index in [9.17, 15) is 9.59 Å². The number of methoxy groups -OCH3 is 1. The molecule has 0 radical (unpaired) electrons. The number of rotatable bonds is 2. The Balaban J connectivity index is 2.97. The molecule has 1 aliphatic heterocycles. The molecule has 92 valence electrons. The Morgan fingerprint density at radius 2 is 2.12 bits per heavy atom. The zero-order valence-electron chi connectivity index (χ0n) is 9.96. The Labute approximate surface area is 104 Å². The van der Waals surface area contributed by atoms with Crippen LogP contribution in [-0.2, 0) is 9.53 Å². The number of likely N-dealkylation sites (tertiary alicyclic amines) is 1. The van der Waals surface area contributed by atoms with E-state index in [4.69, 9.17) is 4.74 Å². The predicted octanol–water partition coefficient (Wildman–Crippen LogP) is 2.21. The number of piperidine rings is 1. The lowest BCUT2D eigenvalue weighted by Crippen LogP contribution is -2.56. The number of halogens is 1. The molecule has 1 heterocycles. The summed E-state index contributed by atoms with van der Waals surface area (Å²) in [6, 6.07) is -0.381. The molecule has 1 atom stereocenters. The average Bonchev–Trinajstić information content (AvgIpc) is 2.25. The summed E-state index contributed by atoms with van der Waals surface area (Å²) in [5.41, 5.74) is -0.183. The molecule has 5 heteroatoms. The van der Waals surface area contributed by atoms with Crippen LogP contribution < -0.4 is 0 Å². The smallest absolute Gasteiger partial charge is 0.410 e. The van der Waals surface area contributed by atoms with E-state index in [0.29, 0.717) is 6.54 Å². The molecular weight excluding hydrogens is 274 g/mol. The van der Waals surface area contributed by atoms with Crippen molar-refractivity contribution in [1.29, 1.82) is 0 Å². The van der Waals surface area contributed by atoms with Crippen LogP contribution in [0.15, 0.2) is 0 Å². The van der Waals surface area contributed by atoms with Gasteiger partial charge in [-0.2, -0.15) is 0 Å². The molecule has 1 rings (SSSR count). The van der Waals surface area contributed by atoms with E-state index in [1.54, 1.807) is 4.90 Å². The van der Waals surface area contributed by atoms with Gasteiger partial charge in [-0.1, -0.05) is 29.8 Å². The number of carbonyl (C=O) groups excluding carboxylic acids is 2. The third-order valence-electron chi connectivity index (χ3n) is 3.12. The van der Waals surface area contributed by atoms with Crippen molar-refractivity contribution in [3.05, 3.63) is 0 Å². The largest absolute Gasteiger partial charge is 0.453 e. The molecule has 1 unspecified atom stereocenters. The zero-order chi connectivity index (χ0) is 12.3. The summed E-state index contributed by atoms with van der Waals surface area (Å²) in [7, 11) is 1.35. The molecule has 1 fully saturated rings. The second kappa shape index (κ2) is 5.17. The molecule has 4 nitrogen and oxygen atoms in total. The molecule has 0 spiro atoms. The molecule has 1 aliphatic rings. The quantitative estimate of drug-likeness (QED) is 0.733. The molecular formula is C11H18BrNO3. The molecule has 0 aliphatic carbocycles. The van der Waals surface area contributed by atoms with Gasteiger partial charge in [0.2, 0.25) is 0 Å². The summed E-state index contributed by atoms with van der Waals surface area (Å²) in [5.74, 6) is 0.0371. The molecule has 0 aromatic heterocycles. The summed E-state index contributed by atoms with van der Waals surface area (Å²) in [5, 5.41) is 0.272. The maximum absolute atomic E-state index is 11.9. The van der Waals surface area contributed by atoms with Crippen molar-refractivity contribution in [1.82, 2.24) is 4.90 Å². The standard InChI is InChI=1S/C11H18BrNO3/c1-11(2)5-4-6-13(10(15)16-3)9(11)8(14)7-12/h9H,4-7H2,1-3H3. The van der Waals surface area contributed by atoms with E-state index >= 15 is 0 Å². The number of ether oxygens (including phenoxy) is 1. The van der Waals surface area contributed by atoms with Crippen LogP contribution in [0.5, 0.6) is 0 Å². The Kier molecular flexibility index (Phi) is 4.35. The Bertz CT molecular complexity index is 291. The predicted molar refractivity (Wildman–Crippen MR) is 64.7 cm³/mol. The minimum absolute atomic E-state index is 0.0371. The highest BCUT2D eigenvalue weighted by Crippen LogP contribution is 2.36. The summed E-state index contributed by atoms with van der Waals surface area (Å²) >= 11 is 3.17.